The molecule has 0 spiro atoms. The van der Waals surface area contributed by atoms with Gasteiger partial charge in [-0.1, -0.05) is 43.2 Å². The van der Waals surface area contributed by atoms with Gasteiger partial charge in [0.15, 0.2) is 5.69 Å². The van der Waals surface area contributed by atoms with Crippen LogP contribution in [-0.4, -0.2) is 86.4 Å². The maximum Gasteiger partial charge on any atom is 0.330 e. The first-order valence-corrected chi connectivity index (χ1v) is 16.9. The third-order valence-electron chi connectivity index (χ3n) is 9.96. The number of ether oxygens (including phenoxy) is 1. The van der Waals surface area contributed by atoms with Gasteiger partial charge in [-0.05, 0) is 58.6 Å². The molecule has 6 atom stereocenters. The summed E-state index contributed by atoms with van der Waals surface area (Å²) in [5.74, 6) is -4.20. The zero-order chi connectivity index (χ0) is 34.2. The highest BCUT2D eigenvalue weighted by atomic mass is 16.6. The van der Waals surface area contributed by atoms with Crippen LogP contribution in [-0.2, 0) is 23.9 Å². The molecule has 3 fully saturated rings. The van der Waals surface area contributed by atoms with Crippen molar-refractivity contribution in [3.8, 4) is 11.5 Å². The number of esters is 1. The van der Waals surface area contributed by atoms with E-state index in [0.717, 1.165) is 31.2 Å². The van der Waals surface area contributed by atoms with Crippen molar-refractivity contribution in [2.45, 2.75) is 82.9 Å². The van der Waals surface area contributed by atoms with Gasteiger partial charge in [0.25, 0.3) is 5.91 Å². The third kappa shape index (κ3) is 6.88. The Balaban J connectivity index is 1.26. The number of rotatable bonds is 5. The van der Waals surface area contributed by atoms with Crippen LogP contribution in [0.25, 0.3) is 11.5 Å². The molecule has 12 nitrogen and oxygen atoms in total. The number of benzene rings is 1. The Morgan fingerprint density at radius 2 is 1.85 bits per heavy atom. The Bertz CT molecular complexity index is 1600. The van der Waals surface area contributed by atoms with Crippen LogP contribution in [0.3, 0.4) is 0 Å². The molecule has 6 rings (SSSR count). The predicted molar refractivity (Wildman–Crippen MR) is 173 cm³/mol. The molecule has 48 heavy (non-hydrogen) atoms. The number of hydrogen-bond donors (Lipinski definition) is 2. The van der Waals surface area contributed by atoms with Gasteiger partial charge in [0.1, 0.15) is 23.4 Å². The number of allylic oxidation sites excluding steroid dienone is 1. The molecule has 1 aromatic heterocycles. The molecule has 3 aliphatic heterocycles. The predicted octanol–water partition coefficient (Wildman–Crippen LogP) is 4.07. The van der Waals surface area contributed by atoms with Gasteiger partial charge in [-0.25, -0.2) is 9.78 Å². The number of fused-ring (bicyclic) bond motifs is 4. The summed E-state index contributed by atoms with van der Waals surface area (Å²) < 4.78 is 11.2. The minimum Gasteiger partial charge on any atom is -0.479 e. The Hall–Kier alpha value is -4.48. The van der Waals surface area contributed by atoms with E-state index in [2.05, 4.69) is 10.3 Å². The average molecular weight is 661 g/mol. The lowest BCUT2D eigenvalue weighted by Crippen LogP contribution is -2.56. The van der Waals surface area contributed by atoms with E-state index in [-0.39, 0.29) is 61.8 Å². The number of carbonyl (C=O) groups is 5. The van der Waals surface area contributed by atoms with Crippen LogP contribution in [0.4, 0.5) is 0 Å². The maximum atomic E-state index is 14.3. The first-order chi connectivity index (χ1) is 22.9. The molecule has 2 saturated heterocycles. The normalized spacial score (nSPS) is 29.9. The topological polar surface area (TPSA) is 159 Å². The van der Waals surface area contributed by atoms with E-state index in [1.54, 1.807) is 25.7 Å². The van der Waals surface area contributed by atoms with E-state index in [4.69, 9.17) is 9.15 Å². The van der Waals surface area contributed by atoms with Gasteiger partial charge < -0.3 is 29.4 Å². The average Bonchev–Trinajstić information content (AvgIpc) is 3.37. The summed E-state index contributed by atoms with van der Waals surface area (Å²) in [7, 11) is 0. The fourth-order valence-electron chi connectivity index (χ4n) is 7.50. The fourth-order valence-corrected chi connectivity index (χ4v) is 7.50. The van der Waals surface area contributed by atoms with Crippen LogP contribution in [0, 0.1) is 23.7 Å². The Kier molecular flexibility index (Phi) is 9.19. The number of likely N-dealkylation sites (tertiary alicyclic amines) is 1. The van der Waals surface area contributed by atoms with Gasteiger partial charge in [-0.15, -0.1) is 0 Å². The van der Waals surface area contributed by atoms with E-state index in [1.165, 1.54) is 11.2 Å². The SMILES string of the molecule is CC(C)(C)OC(=O)C[C@@H]1CCCCC/C=C\[C@@H]2C[C@@]2(C(=O)O)NC(=O)[C@@H]2[C@H]3CN(C(=O)c4coc(-c5ccccc5)n4)C[C@H]3CN2C1=O. The zero-order valence-corrected chi connectivity index (χ0v) is 27.7. The second-order valence-electron chi connectivity index (χ2n) is 14.6. The van der Waals surface area contributed by atoms with Crippen LogP contribution in [0.5, 0.6) is 0 Å². The summed E-state index contributed by atoms with van der Waals surface area (Å²) in [5.41, 5.74) is -1.28. The third-order valence-corrected chi connectivity index (χ3v) is 9.96. The molecule has 12 heteroatoms. The molecular formula is C36H44N4O8. The Labute approximate surface area is 279 Å². The van der Waals surface area contributed by atoms with Crippen molar-refractivity contribution >= 4 is 29.7 Å². The first kappa shape index (κ1) is 33.4. The lowest BCUT2D eigenvalue weighted by Gasteiger charge is -2.32. The van der Waals surface area contributed by atoms with Crippen molar-refractivity contribution in [2.75, 3.05) is 19.6 Å². The van der Waals surface area contributed by atoms with E-state index in [1.807, 2.05) is 42.5 Å². The zero-order valence-electron chi connectivity index (χ0n) is 27.7. The summed E-state index contributed by atoms with van der Waals surface area (Å²) in [6, 6.07) is 8.23. The number of aromatic nitrogens is 1. The van der Waals surface area contributed by atoms with Gasteiger partial charge in [0.2, 0.25) is 17.7 Å². The number of carbonyl (C=O) groups excluding carboxylic acids is 4. The number of aliphatic carboxylic acids is 1. The lowest BCUT2D eigenvalue weighted by atomic mass is 9.92. The number of carboxylic acids is 1. The molecule has 256 valence electrons. The molecule has 1 saturated carbocycles. The summed E-state index contributed by atoms with van der Waals surface area (Å²) in [6.45, 7) is 5.99. The molecular weight excluding hydrogens is 616 g/mol. The number of nitrogens with one attached hydrogen (secondary N) is 1. The number of nitrogens with zero attached hydrogens (tertiary/aromatic N) is 3. The molecule has 4 heterocycles. The molecule has 1 aliphatic carbocycles. The standard InChI is InChI=1S/C36H44N4O8/c1-35(2,3)48-28(41)16-23-14-8-5-4-6-11-15-25-17-36(25,34(45)46)38-30(42)29-26-20-39(18-24(26)19-40(29)32(23)43)33(44)27-21-47-31(37-27)22-12-9-7-10-13-22/h7,9-13,15,21,23-26,29H,4-6,8,14,16-20H2,1-3H3,(H,38,42)(H,45,46)/b15-11-/t23-,24-,25+,26-,29-,36+/m0/s1. The summed E-state index contributed by atoms with van der Waals surface area (Å²) in [6.07, 6.45) is 8.96. The summed E-state index contributed by atoms with van der Waals surface area (Å²) >= 11 is 0. The number of hydrogen-bond acceptors (Lipinski definition) is 8. The largest absolute Gasteiger partial charge is 0.479 e. The molecule has 0 radical (unpaired) electrons. The Morgan fingerprint density at radius 1 is 1.08 bits per heavy atom. The molecule has 2 N–H and O–H groups in total. The van der Waals surface area contributed by atoms with E-state index >= 15 is 0 Å². The van der Waals surface area contributed by atoms with Crippen molar-refractivity contribution in [1.29, 1.82) is 0 Å². The molecule has 3 amide bonds. The van der Waals surface area contributed by atoms with Crippen molar-refractivity contribution in [3.63, 3.8) is 0 Å². The highest BCUT2D eigenvalue weighted by molar-refractivity contribution is 5.96. The molecule has 0 bridgehead atoms. The highest BCUT2D eigenvalue weighted by Gasteiger charge is 2.62. The molecule has 0 unspecified atom stereocenters. The summed E-state index contributed by atoms with van der Waals surface area (Å²) in [5, 5.41) is 13.0. The molecule has 4 aliphatic rings. The Morgan fingerprint density at radius 3 is 2.58 bits per heavy atom. The van der Waals surface area contributed by atoms with E-state index in [9.17, 15) is 29.1 Å². The highest BCUT2D eigenvalue weighted by Crippen LogP contribution is 2.46. The number of oxazole rings is 1. The lowest BCUT2D eigenvalue weighted by molar-refractivity contribution is -0.159. The van der Waals surface area contributed by atoms with Crippen molar-refractivity contribution < 1.29 is 38.2 Å². The molecule has 2 aromatic rings. The maximum absolute atomic E-state index is 14.3. The fraction of sp³-hybridized carbons (Fsp3) is 0.556. The van der Waals surface area contributed by atoms with Gasteiger partial charge in [0.05, 0.1) is 6.42 Å². The van der Waals surface area contributed by atoms with Crippen LogP contribution >= 0.6 is 0 Å². The minimum atomic E-state index is -1.45. The van der Waals surface area contributed by atoms with Crippen molar-refractivity contribution in [1.82, 2.24) is 20.1 Å². The van der Waals surface area contributed by atoms with Crippen LogP contribution in [0.2, 0.25) is 0 Å². The van der Waals surface area contributed by atoms with E-state index in [0.29, 0.717) is 12.3 Å². The van der Waals surface area contributed by atoms with Gasteiger partial charge >= 0.3 is 11.9 Å². The van der Waals surface area contributed by atoms with Gasteiger partial charge in [-0.3, -0.25) is 19.2 Å². The van der Waals surface area contributed by atoms with Gasteiger partial charge in [0, 0.05) is 48.9 Å². The smallest absolute Gasteiger partial charge is 0.330 e. The quantitative estimate of drug-likeness (QED) is 0.356. The second-order valence-corrected chi connectivity index (χ2v) is 14.6. The van der Waals surface area contributed by atoms with Crippen LogP contribution in [0.1, 0.15) is 76.2 Å². The number of amides is 3. The monoisotopic (exact) mass is 660 g/mol. The number of carboxylic acid groups (broad SMARTS) is 1. The van der Waals surface area contributed by atoms with Crippen LogP contribution < -0.4 is 5.32 Å². The molecule has 1 aromatic carbocycles. The minimum absolute atomic E-state index is 0.113. The van der Waals surface area contributed by atoms with Crippen molar-refractivity contribution in [3.05, 3.63) is 54.4 Å². The van der Waals surface area contributed by atoms with Gasteiger partial charge in [-0.2, -0.15) is 0 Å². The van der Waals surface area contributed by atoms with E-state index < -0.39 is 46.9 Å². The summed E-state index contributed by atoms with van der Waals surface area (Å²) in [4.78, 5) is 75.1. The second kappa shape index (κ2) is 13.2. The van der Waals surface area contributed by atoms with Crippen LogP contribution in [0.15, 0.2) is 53.2 Å². The van der Waals surface area contributed by atoms with Crippen molar-refractivity contribution in [2.24, 2.45) is 23.7 Å². The first-order valence-electron chi connectivity index (χ1n) is 16.9.